The number of carbonyl (C=O) groups excluding carboxylic acids is 1. The molecule has 6 nitrogen and oxygen atoms in total. The van der Waals surface area contributed by atoms with Crippen LogP contribution < -0.4 is 4.90 Å². The van der Waals surface area contributed by atoms with E-state index in [1.807, 2.05) is 0 Å². The fourth-order valence-corrected chi connectivity index (χ4v) is 2.14. The lowest BCUT2D eigenvalue weighted by atomic mass is 10.3. The van der Waals surface area contributed by atoms with Gasteiger partial charge in [0.15, 0.2) is 0 Å². The van der Waals surface area contributed by atoms with E-state index in [0.29, 0.717) is 23.5 Å². The maximum Gasteiger partial charge on any atom is 0.407 e. The Kier molecular flexibility index (Phi) is 3.81. The zero-order chi connectivity index (χ0) is 13.1. The van der Waals surface area contributed by atoms with Gasteiger partial charge in [0.05, 0.1) is 0 Å². The van der Waals surface area contributed by atoms with Crippen LogP contribution in [-0.4, -0.2) is 46.6 Å². The number of aromatic nitrogens is 1. The Hall–Kier alpha value is -1.63. The molecule has 7 heteroatoms. The highest BCUT2D eigenvalue weighted by Crippen LogP contribution is 2.17. The summed E-state index contributed by atoms with van der Waals surface area (Å²) in [6, 6.07) is 5.30. The number of pyridine rings is 1. The average Bonchev–Trinajstić information content (AvgIpc) is 2.51. The summed E-state index contributed by atoms with van der Waals surface area (Å²) in [7, 11) is 0. The first-order valence-electron chi connectivity index (χ1n) is 5.49. The van der Waals surface area contributed by atoms with Gasteiger partial charge in [-0.1, -0.05) is 6.07 Å². The van der Waals surface area contributed by atoms with Gasteiger partial charge in [0.2, 0.25) is 5.91 Å². The molecule has 0 bridgehead atoms. The number of rotatable bonds is 1. The van der Waals surface area contributed by atoms with Gasteiger partial charge >= 0.3 is 6.09 Å². The summed E-state index contributed by atoms with van der Waals surface area (Å²) < 4.78 is 0.645. The van der Waals surface area contributed by atoms with E-state index in [9.17, 15) is 9.59 Å². The van der Waals surface area contributed by atoms with Crippen LogP contribution in [0.1, 0.15) is 6.42 Å². The minimum Gasteiger partial charge on any atom is -0.465 e. The minimum atomic E-state index is -0.994. The number of hydrogen-bond donors (Lipinski definition) is 1. The van der Waals surface area contributed by atoms with E-state index in [2.05, 4.69) is 20.9 Å². The molecule has 1 aromatic heterocycles. The van der Waals surface area contributed by atoms with Gasteiger partial charge < -0.3 is 10.0 Å². The van der Waals surface area contributed by atoms with Gasteiger partial charge in [-0.25, -0.2) is 9.78 Å². The monoisotopic (exact) mass is 313 g/mol. The van der Waals surface area contributed by atoms with Gasteiger partial charge in [0.25, 0.3) is 0 Å². The van der Waals surface area contributed by atoms with Crippen molar-refractivity contribution >= 4 is 33.7 Å². The molecule has 0 spiro atoms. The van der Waals surface area contributed by atoms with Crippen molar-refractivity contribution in [2.24, 2.45) is 0 Å². The second kappa shape index (κ2) is 5.34. The number of anilines is 1. The van der Waals surface area contributed by atoms with Crippen molar-refractivity contribution in [3.05, 3.63) is 22.8 Å². The standard InChI is InChI=1S/C11H12BrN3O3/c12-8-2-1-3-9(13-8)15-7-6-14(11(17)18)5-4-10(15)16/h1-3H,4-7H2,(H,17,18). The predicted octanol–water partition coefficient (Wildman–Crippen LogP) is 1.56. The lowest BCUT2D eigenvalue weighted by Gasteiger charge is -2.20. The van der Waals surface area contributed by atoms with E-state index < -0.39 is 6.09 Å². The van der Waals surface area contributed by atoms with Crippen LogP contribution in [-0.2, 0) is 4.79 Å². The summed E-state index contributed by atoms with van der Waals surface area (Å²) in [6.45, 7) is 0.864. The van der Waals surface area contributed by atoms with Gasteiger partial charge in [-0.2, -0.15) is 0 Å². The van der Waals surface area contributed by atoms with Crippen molar-refractivity contribution in [3.8, 4) is 0 Å². The molecule has 0 unspecified atom stereocenters. The SMILES string of the molecule is O=C(O)N1CCC(=O)N(c2cccc(Br)n2)CC1. The van der Waals surface area contributed by atoms with Crippen LogP contribution in [0.2, 0.25) is 0 Å². The molecular formula is C11H12BrN3O3. The molecule has 0 saturated carbocycles. The highest BCUT2D eigenvalue weighted by Gasteiger charge is 2.25. The van der Waals surface area contributed by atoms with Crippen LogP contribution in [0.5, 0.6) is 0 Å². The first-order valence-corrected chi connectivity index (χ1v) is 6.28. The molecule has 0 aromatic carbocycles. The van der Waals surface area contributed by atoms with E-state index in [4.69, 9.17) is 5.11 Å². The van der Waals surface area contributed by atoms with Crippen molar-refractivity contribution in [2.45, 2.75) is 6.42 Å². The summed E-state index contributed by atoms with van der Waals surface area (Å²) in [5.74, 6) is 0.436. The Bertz CT molecular complexity index is 480. The van der Waals surface area contributed by atoms with E-state index in [1.54, 1.807) is 18.2 Å². The first-order chi connectivity index (χ1) is 8.58. The topological polar surface area (TPSA) is 73.7 Å². The molecule has 96 valence electrons. The Morgan fingerprint density at radius 1 is 1.33 bits per heavy atom. The van der Waals surface area contributed by atoms with Crippen LogP contribution in [0, 0.1) is 0 Å². The van der Waals surface area contributed by atoms with Crippen LogP contribution in [0.4, 0.5) is 10.6 Å². The highest BCUT2D eigenvalue weighted by molar-refractivity contribution is 9.10. The first kappa shape index (κ1) is 12.8. The van der Waals surface area contributed by atoms with E-state index in [-0.39, 0.29) is 18.9 Å². The number of nitrogens with zero attached hydrogens (tertiary/aromatic N) is 3. The molecule has 1 N–H and O–H groups in total. The third-order valence-electron chi connectivity index (χ3n) is 2.74. The van der Waals surface area contributed by atoms with E-state index in [1.165, 1.54) is 9.80 Å². The zero-order valence-corrected chi connectivity index (χ0v) is 11.1. The number of amides is 2. The van der Waals surface area contributed by atoms with Crippen LogP contribution >= 0.6 is 15.9 Å². The summed E-state index contributed by atoms with van der Waals surface area (Å²) >= 11 is 3.25. The predicted molar refractivity (Wildman–Crippen MR) is 68.5 cm³/mol. The molecule has 2 amide bonds. The molecule has 1 fully saturated rings. The smallest absolute Gasteiger partial charge is 0.407 e. The maximum atomic E-state index is 11.9. The summed E-state index contributed by atoms with van der Waals surface area (Å²) in [5.41, 5.74) is 0. The molecule has 1 saturated heterocycles. The van der Waals surface area contributed by atoms with Gasteiger partial charge in [0.1, 0.15) is 10.4 Å². The number of carbonyl (C=O) groups is 2. The molecule has 0 atom stereocenters. The third kappa shape index (κ3) is 2.79. The fourth-order valence-electron chi connectivity index (χ4n) is 1.80. The van der Waals surface area contributed by atoms with Crippen molar-refractivity contribution in [3.63, 3.8) is 0 Å². The molecule has 1 aliphatic heterocycles. The Labute approximate surface area is 112 Å². The van der Waals surface area contributed by atoms with Crippen molar-refractivity contribution in [1.29, 1.82) is 0 Å². The van der Waals surface area contributed by atoms with Crippen LogP contribution in [0.15, 0.2) is 22.8 Å². The summed E-state index contributed by atoms with van der Waals surface area (Å²) in [6.07, 6.45) is -0.813. The Morgan fingerprint density at radius 3 is 2.78 bits per heavy atom. The highest BCUT2D eigenvalue weighted by atomic mass is 79.9. The van der Waals surface area contributed by atoms with Gasteiger partial charge in [-0.05, 0) is 28.1 Å². The number of hydrogen-bond acceptors (Lipinski definition) is 3. The third-order valence-corrected chi connectivity index (χ3v) is 3.18. The van der Waals surface area contributed by atoms with Gasteiger partial charge in [-0.15, -0.1) is 0 Å². The van der Waals surface area contributed by atoms with Crippen molar-refractivity contribution in [2.75, 3.05) is 24.5 Å². The number of carboxylic acid groups (broad SMARTS) is 1. The normalized spacial score (nSPS) is 16.6. The fraction of sp³-hybridized carbons (Fsp3) is 0.364. The molecule has 2 heterocycles. The van der Waals surface area contributed by atoms with E-state index in [0.717, 1.165) is 0 Å². The lowest BCUT2D eigenvalue weighted by Crippen LogP contribution is -2.35. The molecule has 0 aliphatic carbocycles. The largest absolute Gasteiger partial charge is 0.465 e. The Balaban J connectivity index is 2.18. The average molecular weight is 314 g/mol. The van der Waals surface area contributed by atoms with Crippen molar-refractivity contribution < 1.29 is 14.7 Å². The molecular weight excluding hydrogens is 302 g/mol. The van der Waals surface area contributed by atoms with Gasteiger partial charge in [0, 0.05) is 26.1 Å². The zero-order valence-electron chi connectivity index (χ0n) is 9.54. The lowest BCUT2D eigenvalue weighted by molar-refractivity contribution is -0.118. The second-order valence-corrected chi connectivity index (χ2v) is 4.70. The van der Waals surface area contributed by atoms with Gasteiger partial charge in [-0.3, -0.25) is 9.69 Å². The summed E-state index contributed by atoms with van der Waals surface area (Å²) in [5, 5.41) is 8.92. The molecule has 0 radical (unpaired) electrons. The minimum absolute atomic E-state index is 0.107. The van der Waals surface area contributed by atoms with Crippen molar-refractivity contribution in [1.82, 2.24) is 9.88 Å². The number of halogens is 1. The molecule has 1 aliphatic rings. The maximum absolute atomic E-state index is 11.9. The quantitative estimate of drug-likeness (QED) is 0.798. The molecule has 1 aromatic rings. The molecule has 2 rings (SSSR count). The second-order valence-electron chi connectivity index (χ2n) is 3.88. The molecule has 18 heavy (non-hydrogen) atoms. The van der Waals surface area contributed by atoms with Crippen LogP contribution in [0.3, 0.4) is 0 Å². The Morgan fingerprint density at radius 2 is 2.11 bits per heavy atom. The summed E-state index contributed by atoms with van der Waals surface area (Å²) in [4.78, 5) is 29.8. The van der Waals surface area contributed by atoms with Crippen LogP contribution in [0.25, 0.3) is 0 Å². The van der Waals surface area contributed by atoms with E-state index >= 15 is 0 Å².